The number of hydrogen-bond donors (Lipinski definition) is 2. The largest absolute Gasteiger partial charge is 0.462 e. The number of esters is 1. The highest BCUT2D eigenvalue weighted by Gasteiger charge is 2.57. The number of anilines is 1. The highest BCUT2D eigenvalue weighted by Crippen LogP contribution is 2.51. The Morgan fingerprint density at radius 2 is 1.82 bits per heavy atom. The summed E-state index contributed by atoms with van der Waals surface area (Å²) in [7, 11) is 0. The molecule has 2 aromatic carbocycles. The number of amides is 1. The molecule has 1 aromatic heterocycles. The number of nitrogens with one attached hydrogen (secondary N) is 2. The molecule has 1 amide bonds. The molecule has 174 valence electrons. The van der Waals surface area contributed by atoms with Gasteiger partial charge in [0, 0.05) is 22.5 Å². The summed E-state index contributed by atoms with van der Waals surface area (Å²) < 4.78 is 5.05. The summed E-state index contributed by atoms with van der Waals surface area (Å²) in [5, 5.41) is 13.9. The van der Waals surface area contributed by atoms with Crippen LogP contribution in [0.25, 0.3) is 0 Å². The summed E-state index contributed by atoms with van der Waals surface area (Å²) in [4.78, 5) is 39.9. The maximum Gasteiger partial charge on any atom is 0.338 e. The maximum absolute atomic E-state index is 13.7. The highest BCUT2D eigenvalue weighted by atomic mass is 32.1. The normalized spacial score (nSPS) is 23.7. The van der Waals surface area contributed by atoms with Gasteiger partial charge >= 0.3 is 5.97 Å². The Balaban J connectivity index is 1.62. The van der Waals surface area contributed by atoms with E-state index >= 15 is 0 Å². The first-order chi connectivity index (χ1) is 16.5. The number of nitro groups is 1. The van der Waals surface area contributed by atoms with Gasteiger partial charge in [-0.1, -0.05) is 24.3 Å². The topological polar surface area (TPSA) is 114 Å². The molecule has 5 rings (SSSR count). The Bertz CT molecular complexity index is 1230. The molecule has 34 heavy (non-hydrogen) atoms. The van der Waals surface area contributed by atoms with E-state index < -0.39 is 23.0 Å². The quantitative estimate of drug-likeness (QED) is 0.315. The molecule has 2 saturated heterocycles. The number of ether oxygens (including phenoxy) is 1. The van der Waals surface area contributed by atoms with Gasteiger partial charge in [0.1, 0.15) is 6.04 Å². The van der Waals surface area contributed by atoms with E-state index in [0.29, 0.717) is 16.8 Å². The summed E-state index contributed by atoms with van der Waals surface area (Å²) in [6, 6.07) is 15.7. The first kappa shape index (κ1) is 22.2. The zero-order valence-corrected chi connectivity index (χ0v) is 19.0. The molecule has 3 heterocycles. The van der Waals surface area contributed by atoms with Crippen LogP contribution in [-0.2, 0) is 9.53 Å². The number of carbonyl (C=O) groups is 2. The average Bonchev–Trinajstić information content (AvgIpc) is 3.57. The van der Waals surface area contributed by atoms with Crippen molar-refractivity contribution in [1.29, 1.82) is 0 Å². The van der Waals surface area contributed by atoms with Crippen molar-refractivity contribution >= 4 is 34.6 Å². The van der Waals surface area contributed by atoms with Crippen LogP contribution in [0.15, 0.2) is 66.0 Å². The van der Waals surface area contributed by atoms with E-state index in [4.69, 9.17) is 4.74 Å². The molecule has 2 aliphatic heterocycles. The number of para-hydroxylation sites is 1. The van der Waals surface area contributed by atoms with Crippen LogP contribution in [0, 0.1) is 16.0 Å². The predicted octanol–water partition coefficient (Wildman–Crippen LogP) is 3.75. The van der Waals surface area contributed by atoms with Gasteiger partial charge in [0.05, 0.1) is 34.7 Å². The summed E-state index contributed by atoms with van der Waals surface area (Å²) in [5.41, 5.74) is 7.71. The molecule has 0 bridgehead atoms. The van der Waals surface area contributed by atoms with E-state index in [0.717, 1.165) is 4.88 Å². The van der Waals surface area contributed by atoms with Crippen LogP contribution in [0.2, 0.25) is 0 Å². The Kier molecular flexibility index (Phi) is 5.86. The molecule has 3 aromatic rings. The van der Waals surface area contributed by atoms with E-state index in [2.05, 4.69) is 10.9 Å². The third-order valence-corrected chi connectivity index (χ3v) is 7.22. The van der Waals surface area contributed by atoms with Crippen LogP contribution in [0.1, 0.15) is 39.8 Å². The minimum absolute atomic E-state index is 0.0362. The predicted molar refractivity (Wildman–Crippen MR) is 126 cm³/mol. The molecule has 0 aliphatic carbocycles. The van der Waals surface area contributed by atoms with Crippen molar-refractivity contribution in [3.63, 3.8) is 0 Å². The Morgan fingerprint density at radius 1 is 1.09 bits per heavy atom. The van der Waals surface area contributed by atoms with Crippen LogP contribution in [0.3, 0.4) is 0 Å². The number of nitro benzene ring substituents is 1. The second-order valence-corrected chi connectivity index (χ2v) is 9.05. The second-order valence-electron chi connectivity index (χ2n) is 8.07. The minimum Gasteiger partial charge on any atom is -0.462 e. The summed E-state index contributed by atoms with van der Waals surface area (Å²) in [5.74, 6) is -0.932. The van der Waals surface area contributed by atoms with E-state index in [-0.39, 0.29) is 30.2 Å². The lowest BCUT2D eigenvalue weighted by Crippen LogP contribution is -2.41. The molecule has 0 radical (unpaired) electrons. The van der Waals surface area contributed by atoms with Crippen molar-refractivity contribution < 1.29 is 19.2 Å². The van der Waals surface area contributed by atoms with Gasteiger partial charge in [0.25, 0.3) is 5.69 Å². The lowest BCUT2D eigenvalue weighted by molar-refractivity contribution is -0.385. The fraction of sp³-hybridized carbons (Fsp3) is 0.250. The highest BCUT2D eigenvalue weighted by molar-refractivity contribution is 7.10. The summed E-state index contributed by atoms with van der Waals surface area (Å²) >= 11 is 1.57. The Labute approximate surface area is 199 Å². The van der Waals surface area contributed by atoms with Gasteiger partial charge in [-0.3, -0.25) is 14.9 Å². The van der Waals surface area contributed by atoms with Gasteiger partial charge in [0.2, 0.25) is 5.91 Å². The van der Waals surface area contributed by atoms with Crippen molar-refractivity contribution in [2.45, 2.75) is 25.0 Å². The van der Waals surface area contributed by atoms with Crippen LogP contribution < -0.4 is 15.8 Å². The van der Waals surface area contributed by atoms with Crippen molar-refractivity contribution in [3.8, 4) is 0 Å². The van der Waals surface area contributed by atoms with Gasteiger partial charge < -0.3 is 9.64 Å². The molecular weight excluding hydrogens is 456 g/mol. The SMILES string of the molecule is CCOC(=O)c1ccc(N2C(=O)C3NNC(c4cccs4)C3C2c2ccccc2[N+](=O)[O-])cc1. The first-order valence-electron chi connectivity index (χ1n) is 10.9. The lowest BCUT2D eigenvalue weighted by atomic mass is 9.85. The number of hydrogen-bond acceptors (Lipinski definition) is 8. The maximum atomic E-state index is 13.7. The van der Waals surface area contributed by atoms with E-state index in [9.17, 15) is 19.7 Å². The second kappa shape index (κ2) is 8.98. The van der Waals surface area contributed by atoms with Crippen molar-refractivity contribution in [3.05, 3.63) is 92.2 Å². The van der Waals surface area contributed by atoms with Gasteiger partial charge in [0.15, 0.2) is 0 Å². The summed E-state index contributed by atoms with van der Waals surface area (Å²) in [6.07, 6.45) is 0. The van der Waals surface area contributed by atoms with Gasteiger partial charge in [-0.15, -0.1) is 11.3 Å². The van der Waals surface area contributed by atoms with E-state index in [1.165, 1.54) is 6.07 Å². The first-order valence-corrected chi connectivity index (χ1v) is 11.8. The molecule has 9 nitrogen and oxygen atoms in total. The van der Waals surface area contributed by atoms with E-state index in [1.807, 2.05) is 17.5 Å². The molecule has 10 heteroatoms. The molecular formula is C24H22N4O5S. The fourth-order valence-electron chi connectivity index (χ4n) is 4.85. The summed E-state index contributed by atoms with van der Waals surface area (Å²) in [6.45, 7) is 1.99. The van der Waals surface area contributed by atoms with Gasteiger partial charge in [-0.2, -0.15) is 0 Å². The van der Waals surface area contributed by atoms with Crippen molar-refractivity contribution in [2.24, 2.45) is 5.92 Å². The molecule has 0 saturated carbocycles. The fourth-order valence-corrected chi connectivity index (χ4v) is 5.69. The van der Waals surface area contributed by atoms with Crippen LogP contribution >= 0.6 is 11.3 Å². The zero-order chi connectivity index (χ0) is 23.8. The minimum atomic E-state index is -0.595. The van der Waals surface area contributed by atoms with Crippen LogP contribution in [0.5, 0.6) is 0 Å². The number of hydrazine groups is 1. The number of fused-ring (bicyclic) bond motifs is 1. The number of benzene rings is 2. The number of thiophene rings is 1. The molecule has 4 unspecified atom stereocenters. The van der Waals surface area contributed by atoms with Crippen LogP contribution in [0.4, 0.5) is 11.4 Å². The molecule has 4 atom stereocenters. The molecule has 2 fully saturated rings. The third-order valence-electron chi connectivity index (χ3n) is 6.27. The standard InChI is InChI=1S/C24H22N4O5S/c1-2-33-24(30)14-9-11-15(12-10-14)27-22(16-6-3-4-7-17(16)28(31)32)19-20(18-8-5-13-34-18)25-26-21(19)23(27)29/h3-13,19-22,25-26H,2H2,1H3. The van der Waals surface area contributed by atoms with Crippen molar-refractivity contribution in [2.75, 3.05) is 11.5 Å². The monoisotopic (exact) mass is 478 g/mol. The number of nitrogens with zero attached hydrogens (tertiary/aromatic N) is 2. The molecule has 2 N–H and O–H groups in total. The third kappa shape index (κ3) is 3.65. The zero-order valence-electron chi connectivity index (χ0n) is 18.2. The Morgan fingerprint density at radius 3 is 2.50 bits per heavy atom. The smallest absolute Gasteiger partial charge is 0.338 e. The number of carbonyl (C=O) groups excluding carboxylic acids is 2. The average molecular weight is 479 g/mol. The lowest BCUT2D eigenvalue weighted by Gasteiger charge is -2.30. The molecule has 0 spiro atoms. The van der Waals surface area contributed by atoms with Crippen LogP contribution in [-0.4, -0.2) is 29.4 Å². The molecule has 2 aliphatic rings. The van der Waals surface area contributed by atoms with E-state index in [1.54, 1.807) is 65.6 Å². The van der Waals surface area contributed by atoms with Gasteiger partial charge in [-0.25, -0.2) is 15.6 Å². The van der Waals surface area contributed by atoms with Crippen molar-refractivity contribution in [1.82, 2.24) is 10.9 Å². The Hall–Kier alpha value is -3.60. The number of rotatable bonds is 6. The van der Waals surface area contributed by atoms with Gasteiger partial charge in [-0.05, 0) is 42.6 Å².